The predicted molar refractivity (Wildman–Crippen MR) is 206 cm³/mol. The van der Waals surface area contributed by atoms with E-state index >= 15 is 0 Å². The third kappa shape index (κ3) is 10.0. The molecule has 292 valence electrons. The number of benzene rings is 1. The number of hydrogen-bond donors (Lipinski definition) is 4. The fourth-order valence-electron chi connectivity index (χ4n) is 6.24. The minimum atomic E-state index is -5.10. The molecule has 0 bridgehead atoms. The number of carboxylic acids is 1. The first kappa shape index (κ1) is 41.9. The third-order valence-corrected chi connectivity index (χ3v) is 10.2. The molecule has 0 saturated carbocycles. The Morgan fingerprint density at radius 1 is 1.26 bits per heavy atom. The molecule has 3 aliphatic rings. The first-order valence-electron chi connectivity index (χ1n) is 17.5. The number of aliphatic carboxylic acids is 1. The number of aliphatic imine (C=N–C) groups is 1. The number of thiocarbonyl (C=S) groups is 1. The average molecular weight is 786 g/mol. The summed E-state index contributed by atoms with van der Waals surface area (Å²) in [5, 5.41) is 15.1. The first-order valence-corrected chi connectivity index (χ1v) is 19.3. The Morgan fingerprint density at radius 3 is 2.59 bits per heavy atom. The number of unbranched alkanes of at least 4 members (excludes halogenated alkanes) is 2. The zero-order valence-corrected chi connectivity index (χ0v) is 32.6. The van der Waals surface area contributed by atoms with Crippen LogP contribution in [0.3, 0.4) is 0 Å². The van der Waals surface area contributed by atoms with E-state index in [-0.39, 0.29) is 45.0 Å². The Labute approximate surface area is 320 Å². The van der Waals surface area contributed by atoms with Gasteiger partial charge in [-0.05, 0) is 88.6 Å². The molecule has 0 radical (unpaired) electrons. The molecular formula is C37H47N5O10S2. The lowest BCUT2D eigenvalue weighted by Crippen LogP contribution is -2.64. The maximum atomic E-state index is 13.4. The number of oxime groups is 1. The molecule has 1 aromatic rings. The van der Waals surface area contributed by atoms with E-state index in [0.29, 0.717) is 5.75 Å². The normalized spacial score (nSPS) is 21.1. The average Bonchev–Trinajstić information content (AvgIpc) is 3.51. The van der Waals surface area contributed by atoms with Gasteiger partial charge in [-0.2, -0.15) is 12.7 Å². The van der Waals surface area contributed by atoms with Crippen molar-refractivity contribution in [3.05, 3.63) is 76.7 Å². The fraction of sp³-hybridized carbons (Fsp3) is 0.459. The summed E-state index contributed by atoms with van der Waals surface area (Å²) in [7, 11) is -5.10. The predicted octanol–water partition coefficient (Wildman–Crippen LogP) is 4.93. The van der Waals surface area contributed by atoms with Crippen LogP contribution in [0.4, 0.5) is 0 Å². The van der Waals surface area contributed by atoms with Crippen LogP contribution < -0.4 is 15.8 Å². The summed E-state index contributed by atoms with van der Waals surface area (Å²) in [6.07, 6.45) is 12.8. The molecule has 3 atom stereocenters. The SMILES string of the molecule is C=C[C@@H]1CCC(C)=C[C@H]1c1c(C)cc(CCCCC)cc1OC(=S)OC/C=C1\[C@H](NC(=O)/C(=N\OC(C)(C)C(=O)O)C2=CCC(N)=N2)C(=O)N1S(=O)(=O)O. The van der Waals surface area contributed by atoms with Crippen LogP contribution in [-0.2, 0) is 40.7 Å². The van der Waals surface area contributed by atoms with E-state index in [4.69, 9.17) is 32.3 Å². The molecule has 2 heterocycles. The quantitative estimate of drug-likeness (QED) is 0.0334. The van der Waals surface area contributed by atoms with Crippen LogP contribution in [0.15, 0.2) is 70.1 Å². The number of nitrogens with two attached hydrogens (primary N) is 1. The van der Waals surface area contributed by atoms with Crippen molar-refractivity contribution in [3.8, 4) is 5.75 Å². The summed E-state index contributed by atoms with van der Waals surface area (Å²) in [6, 6.07) is 2.51. The van der Waals surface area contributed by atoms with Crippen molar-refractivity contribution < 1.29 is 46.8 Å². The number of rotatable bonds is 16. The minimum Gasteiger partial charge on any atom is -0.478 e. The van der Waals surface area contributed by atoms with Crippen LogP contribution >= 0.6 is 12.2 Å². The summed E-state index contributed by atoms with van der Waals surface area (Å²) in [5.41, 5.74) is 7.24. The number of carboxylic acid groups (broad SMARTS) is 1. The summed E-state index contributed by atoms with van der Waals surface area (Å²) >= 11 is 5.46. The standard InChI is InChI=1S/C37H47N5O10S2/c1-7-9-10-11-23-19-22(4)30(25-18-21(3)12-13-24(25)8-2)28(20-23)51-36(53)50-17-16-27-32(34(44)42(27)54(47,48)49)40-33(43)31(26-14-15-29(38)39-26)41-52-37(5,6)35(45)46/h8,14,16,18-20,24-25,32H,2,7,9-13,15,17H2,1,3-6H3,(H2,38,39)(H,40,43)(H,45,46)(H,47,48,49)/b27-16+,41-31-/t24-,25-,32+/m1/s1. The summed E-state index contributed by atoms with van der Waals surface area (Å²) in [5.74, 6) is -2.84. The van der Waals surface area contributed by atoms with E-state index in [1.165, 1.54) is 25.5 Å². The van der Waals surface area contributed by atoms with E-state index in [2.05, 4.69) is 48.0 Å². The second-order valence-corrected chi connectivity index (χ2v) is 15.4. The highest BCUT2D eigenvalue weighted by atomic mass is 32.2. The Hall–Kier alpha value is -4.87. The first-order chi connectivity index (χ1) is 25.4. The van der Waals surface area contributed by atoms with E-state index in [1.54, 1.807) is 0 Å². The molecule has 1 fully saturated rings. The number of nitrogens with zero attached hydrogens (tertiary/aromatic N) is 3. The van der Waals surface area contributed by atoms with Crippen molar-refractivity contribution in [3.63, 3.8) is 0 Å². The molecule has 2 amide bonds. The summed E-state index contributed by atoms with van der Waals surface area (Å²) < 4.78 is 46.0. The topological polar surface area (TPSA) is 220 Å². The number of amidine groups is 1. The number of hydrogen-bond acceptors (Lipinski definition) is 12. The van der Waals surface area contributed by atoms with Gasteiger partial charge in [0, 0.05) is 30.1 Å². The molecule has 1 aliphatic carbocycles. The van der Waals surface area contributed by atoms with Gasteiger partial charge in [0.2, 0.25) is 5.60 Å². The van der Waals surface area contributed by atoms with Gasteiger partial charge in [-0.3, -0.25) is 14.1 Å². The molecular weight excluding hydrogens is 739 g/mol. The van der Waals surface area contributed by atoms with Crippen LogP contribution in [0, 0.1) is 12.8 Å². The van der Waals surface area contributed by atoms with Crippen LogP contribution in [0.5, 0.6) is 5.75 Å². The number of carbonyl (C=O) groups excluding carboxylic acids is 2. The molecule has 2 aliphatic heterocycles. The maximum absolute atomic E-state index is 13.4. The third-order valence-electron chi connectivity index (χ3n) is 9.19. The maximum Gasteiger partial charge on any atom is 0.366 e. The van der Waals surface area contributed by atoms with Crippen LogP contribution in [0.25, 0.3) is 0 Å². The van der Waals surface area contributed by atoms with Crippen molar-refractivity contribution in [1.29, 1.82) is 0 Å². The number of aryl methyl sites for hydroxylation is 2. The van der Waals surface area contributed by atoms with E-state index in [1.807, 2.05) is 19.1 Å². The van der Waals surface area contributed by atoms with Gasteiger partial charge in [-0.1, -0.05) is 48.7 Å². The van der Waals surface area contributed by atoms with Gasteiger partial charge in [-0.15, -0.1) is 6.58 Å². The summed E-state index contributed by atoms with van der Waals surface area (Å²) in [6.45, 7) is 12.3. The highest BCUT2D eigenvalue weighted by molar-refractivity contribution is 7.84. The number of amides is 2. The van der Waals surface area contributed by atoms with Crippen molar-refractivity contribution in [2.24, 2.45) is 21.8 Å². The van der Waals surface area contributed by atoms with Crippen molar-refractivity contribution in [2.45, 2.75) is 97.1 Å². The lowest BCUT2D eigenvalue weighted by atomic mass is 9.75. The van der Waals surface area contributed by atoms with Crippen LogP contribution in [0.2, 0.25) is 0 Å². The van der Waals surface area contributed by atoms with Gasteiger partial charge < -0.3 is 30.5 Å². The van der Waals surface area contributed by atoms with Crippen molar-refractivity contribution >= 4 is 57.1 Å². The Balaban J connectivity index is 1.58. The van der Waals surface area contributed by atoms with Gasteiger partial charge in [-0.25, -0.2) is 9.79 Å². The number of carbonyl (C=O) groups is 3. The second-order valence-electron chi connectivity index (χ2n) is 13.8. The highest BCUT2D eigenvalue weighted by Crippen LogP contribution is 2.43. The van der Waals surface area contributed by atoms with Crippen LogP contribution in [0.1, 0.15) is 88.8 Å². The molecule has 17 heteroatoms. The lowest BCUT2D eigenvalue weighted by molar-refractivity contribution is -0.161. The minimum absolute atomic E-state index is 0.00862. The van der Waals surface area contributed by atoms with E-state index in [9.17, 15) is 32.5 Å². The Bertz CT molecular complexity index is 1970. The summed E-state index contributed by atoms with van der Waals surface area (Å²) in [4.78, 5) is 47.0. The van der Waals surface area contributed by atoms with Gasteiger partial charge >= 0.3 is 21.5 Å². The molecule has 4 rings (SSSR count). The number of ether oxygens (including phenoxy) is 2. The monoisotopic (exact) mass is 785 g/mol. The van der Waals surface area contributed by atoms with Crippen molar-refractivity contribution in [1.82, 2.24) is 9.62 Å². The van der Waals surface area contributed by atoms with Crippen molar-refractivity contribution in [2.75, 3.05) is 6.61 Å². The molecule has 1 saturated heterocycles. The van der Waals surface area contributed by atoms with E-state index < -0.39 is 52.0 Å². The largest absolute Gasteiger partial charge is 0.478 e. The zero-order chi connectivity index (χ0) is 40.0. The van der Waals surface area contributed by atoms with Gasteiger partial charge in [0.05, 0.1) is 11.4 Å². The molecule has 0 spiro atoms. The highest BCUT2D eigenvalue weighted by Gasteiger charge is 2.50. The molecule has 54 heavy (non-hydrogen) atoms. The van der Waals surface area contributed by atoms with Gasteiger partial charge in [0.15, 0.2) is 11.8 Å². The lowest BCUT2D eigenvalue weighted by Gasteiger charge is -2.38. The van der Waals surface area contributed by atoms with Gasteiger partial charge in [0.25, 0.3) is 11.8 Å². The second kappa shape index (κ2) is 17.5. The fourth-order valence-corrected chi connectivity index (χ4v) is 7.18. The number of β-lactam (4-membered cyclic amide) rings is 1. The van der Waals surface area contributed by atoms with Gasteiger partial charge in [0.1, 0.15) is 18.2 Å². The molecule has 0 aromatic heterocycles. The molecule has 5 N–H and O–H groups in total. The Kier molecular flexibility index (Phi) is 13.6. The number of allylic oxidation sites excluding steroid dienone is 3. The smallest absolute Gasteiger partial charge is 0.366 e. The molecule has 1 aromatic carbocycles. The van der Waals surface area contributed by atoms with E-state index in [0.717, 1.165) is 61.3 Å². The molecule has 0 unspecified atom stereocenters. The Morgan fingerprint density at radius 2 is 1.98 bits per heavy atom. The van der Waals surface area contributed by atoms with Crippen LogP contribution in [-0.4, -0.2) is 75.2 Å². The zero-order valence-electron chi connectivity index (χ0n) is 31.0. The number of nitrogens with one attached hydrogen (secondary N) is 1. The molecule has 15 nitrogen and oxygen atoms in total.